The molecule has 0 unspecified atom stereocenters. The first-order valence-electron chi connectivity index (χ1n) is 7.51. The number of thiophene rings is 1. The first kappa shape index (κ1) is 15.6. The highest BCUT2D eigenvalue weighted by Crippen LogP contribution is 2.31. The fraction of sp³-hybridized carbons (Fsp3) is 0.571. The molecule has 0 N–H and O–H groups in total. The van der Waals surface area contributed by atoms with E-state index < -0.39 is 10.0 Å². The Labute approximate surface area is 134 Å². The molecule has 2 aromatic heterocycles. The first-order chi connectivity index (χ1) is 10.5. The predicted molar refractivity (Wildman–Crippen MR) is 90.0 cm³/mol. The fourth-order valence-electron chi connectivity index (χ4n) is 2.68. The summed E-state index contributed by atoms with van der Waals surface area (Å²) in [7, 11) is -3.09. The third-order valence-electron chi connectivity index (χ3n) is 4.00. The summed E-state index contributed by atoms with van der Waals surface area (Å²) in [6, 6.07) is 2.16. The van der Waals surface area contributed by atoms with Crippen molar-refractivity contribution in [2.45, 2.75) is 20.3 Å². The summed E-state index contributed by atoms with van der Waals surface area (Å²) in [5.41, 5.74) is 0. The van der Waals surface area contributed by atoms with Gasteiger partial charge in [0.05, 0.1) is 11.1 Å². The lowest BCUT2D eigenvalue weighted by Gasteiger charge is -2.34. The van der Waals surface area contributed by atoms with Gasteiger partial charge in [0.1, 0.15) is 17.0 Å². The maximum absolute atomic E-state index is 11.9. The molecule has 0 atom stereocenters. The molecule has 0 bridgehead atoms. The standard InChI is InChI=1S/C14H20N4O2S2/c1-3-11-9-12-13(15-10-16-14(12)21-11)17-5-7-18(8-6-17)22(19,20)4-2/h9-10H,3-8H2,1-2H3. The van der Waals surface area contributed by atoms with Crippen LogP contribution in [0.15, 0.2) is 12.4 Å². The van der Waals surface area contributed by atoms with Gasteiger partial charge < -0.3 is 4.90 Å². The Bertz CT molecular complexity index is 764. The van der Waals surface area contributed by atoms with Gasteiger partial charge in [-0.05, 0) is 19.4 Å². The number of sulfonamides is 1. The third-order valence-corrected chi connectivity index (χ3v) is 7.07. The number of aromatic nitrogens is 2. The van der Waals surface area contributed by atoms with Crippen LogP contribution < -0.4 is 4.90 Å². The van der Waals surface area contributed by atoms with Crippen LogP contribution in [0.4, 0.5) is 5.82 Å². The van der Waals surface area contributed by atoms with Crippen molar-refractivity contribution in [1.82, 2.24) is 14.3 Å². The zero-order valence-corrected chi connectivity index (χ0v) is 14.5. The van der Waals surface area contributed by atoms with Gasteiger partial charge in [-0.25, -0.2) is 18.4 Å². The van der Waals surface area contributed by atoms with Crippen molar-refractivity contribution in [2.24, 2.45) is 0 Å². The van der Waals surface area contributed by atoms with Crippen LogP contribution >= 0.6 is 11.3 Å². The van der Waals surface area contributed by atoms with E-state index in [9.17, 15) is 8.42 Å². The molecule has 22 heavy (non-hydrogen) atoms. The molecule has 2 aromatic rings. The average molecular weight is 340 g/mol. The smallest absolute Gasteiger partial charge is 0.213 e. The van der Waals surface area contributed by atoms with Gasteiger partial charge in [0.25, 0.3) is 0 Å². The van der Waals surface area contributed by atoms with E-state index in [1.54, 1.807) is 28.9 Å². The topological polar surface area (TPSA) is 66.4 Å². The summed E-state index contributed by atoms with van der Waals surface area (Å²) in [5, 5.41) is 1.08. The summed E-state index contributed by atoms with van der Waals surface area (Å²) in [6.45, 7) is 6.20. The maximum Gasteiger partial charge on any atom is 0.213 e. The highest BCUT2D eigenvalue weighted by Gasteiger charge is 2.27. The second-order valence-corrected chi connectivity index (χ2v) is 8.64. The predicted octanol–water partition coefficient (Wildman–Crippen LogP) is 1.73. The van der Waals surface area contributed by atoms with E-state index in [-0.39, 0.29) is 5.75 Å². The number of hydrogen-bond donors (Lipinski definition) is 0. The molecule has 1 aliphatic heterocycles. The van der Waals surface area contributed by atoms with Gasteiger partial charge in [-0.2, -0.15) is 4.31 Å². The SMILES string of the molecule is CCc1cc2c(N3CCN(S(=O)(=O)CC)CC3)ncnc2s1. The molecule has 1 fully saturated rings. The van der Waals surface area contributed by atoms with Crippen LogP contribution in [-0.4, -0.2) is 54.6 Å². The van der Waals surface area contributed by atoms with Gasteiger partial charge in [-0.1, -0.05) is 6.92 Å². The van der Waals surface area contributed by atoms with E-state index in [1.807, 2.05) is 0 Å². The van der Waals surface area contributed by atoms with Crippen molar-refractivity contribution in [1.29, 1.82) is 0 Å². The largest absolute Gasteiger partial charge is 0.353 e. The molecule has 0 spiro atoms. The third kappa shape index (κ3) is 2.82. The molecule has 1 saturated heterocycles. The molecule has 120 valence electrons. The summed E-state index contributed by atoms with van der Waals surface area (Å²) in [4.78, 5) is 13.3. The molecule has 0 aromatic carbocycles. The van der Waals surface area contributed by atoms with Gasteiger partial charge in [-0.3, -0.25) is 0 Å². The van der Waals surface area contributed by atoms with Gasteiger partial charge in [0.2, 0.25) is 10.0 Å². The molecule has 0 aliphatic carbocycles. The lowest BCUT2D eigenvalue weighted by molar-refractivity contribution is 0.385. The Morgan fingerprint density at radius 2 is 1.91 bits per heavy atom. The number of hydrogen-bond acceptors (Lipinski definition) is 6. The first-order valence-corrected chi connectivity index (χ1v) is 9.94. The van der Waals surface area contributed by atoms with E-state index in [4.69, 9.17) is 0 Å². The van der Waals surface area contributed by atoms with Crippen LogP contribution in [0.2, 0.25) is 0 Å². The minimum atomic E-state index is -3.09. The van der Waals surface area contributed by atoms with Crippen LogP contribution in [0.1, 0.15) is 18.7 Å². The fourth-order valence-corrected chi connectivity index (χ4v) is 4.69. The summed E-state index contributed by atoms with van der Waals surface area (Å²) in [5.74, 6) is 1.09. The highest BCUT2D eigenvalue weighted by molar-refractivity contribution is 7.89. The van der Waals surface area contributed by atoms with Crippen molar-refractivity contribution in [2.75, 3.05) is 36.8 Å². The van der Waals surface area contributed by atoms with Crippen LogP contribution in [0.3, 0.4) is 0 Å². The monoisotopic (exact) mass is 340 g/mol. The Morgan fingerprint density at radius 3 is 2.55 bits per heavy atom. The van der Waals surface area contributed by atoms with Crippen LogP contribution in [0.25, 0.3) is 10.2 Å². The Hall–Kier alpha value is -1.25. The highest BCUT2D eigenvalue weighted by atomic mass is 32.2. The molecule has 6 nitrogen and oxygen atoms in total. The minimum absolute atomic E-state index is 0.162. The molecule has 0 saturated carbocycles. The quantitative estimate of drug-likeness (QED) is 0.848. The number of fused-ring (bicyclic) bond motifs is 1. The Morgan fingerprint density at radius 1 is 1.18 bits per heavy atom. The lowest BCUT2D eigenvalue weighted by Crippen LogP contribution is -2.49. The van der Waals surface area contributed by atoms with Crippen LogP contribution in [-0.2, 0) is 16.4 Å². The van der Waals surface area contributed by atoms with E-state index in [0.29, 0.717) is 26.2 Å². The van der Waals surface area contributed by atoms with Crippen molar-refractivity contribution >= 4 is 37.4 Å². The zero-order valence-electron chi connectivity index (χ0n) is 12.8. The van der Waals surface area contributed by atoms with E-state index in [2.05, 4.69) is 27.9 Å². The summed E-state index contributed by atoms with van der Waals surface area (Å²) >= 11 is 1.70. The van der Waals surface area contributed by atoms with Gasteiger partial charge in [-0.15, -0.1) is 11.3 Å². The summed E-state index contributed by atoms with van der Waals surface area (Å²) in [6.07, 6.45) is 2.59. The van der Waals surface area contributed by atoms with Crippen molar-refractivity contribution < 1.29 is 8.42 Å². The van der Waals surface area contributed by atoms with E-state index in [1.165, 1.54) is 4.88 Å². The van der Waals surface area contributed by atoms with E-state index >= 15 is 0 Å². The minimum Gasteiger partial charge on any atom is -0.353 e. The Balaban J connectivity index is 1.83. The summed E-state index contributed by atoms with van der Waals surface area (Å²) < 4.78 is 25.4. The second-order valence-electron chi connectivity index (χ2n) is 5.27. The average Bonchev–Trinajstić information content (AvgIpc) is 2.98. The zero-order chi connectivity index (χ0) is 15.7. The van der Waals surface area contributed by atoms with Crippen molar-refractivity contribution in [3.05, 3.63) is 17.3 Å². The number of nitrogens with zero attached hydrogens (tertiary/aromatic N) is 4. The Kier molecular flexibility index (Phi) is 4.33. The van der Waals surface area contributed by atoms with E-state index in [0.717, 1.165) is 22.5 Å². The molecule has 3 rings (SSSR count). The molecule has 0 radical (unpaired) electrons. The van der Waals surface area contributed by atoms with Gasteiger partial charge in [0.15, 0.2) is 0 Å². The van der Waals surface area contributed by atoms with Gasteiger partial charge in [0, 0.05) is 31.1 Å². The van der Waals surface area contributed by atoms with Crippen molar-refractivity contribution in [3.63, 3.8) is 0 Å². The molecular formula is C14H20N4O2S2. The number of aryl methyl sites for hydroxylation is 1. The second kappa shape index (κ2) is 6.10. The maximum atomic E-state index is 11.9. The molecule has 0 amide bonds. The van der Waals surface area contributed by atoms with Gasteiger partial charge >= 0.3 is 0 Å². The molecule has 1 aliphatic rings. The lowest BCUT2D eigenvalue weighted by atomic mass is 10.2. The van der Waals surface area contributed by atoms with Crippen LogP contribution in [0.5, 0.6) is 0 Å². The number of rotatable bonds is 4. The molecule has 8 heteroatoms. The van der Waals surface area contributed by atoms with Crippen LogP contribution in [0, 0.1) is 0 Å². The number of piperazine rings is 1. The molecular weight excluding hydrogens is 320 g/mol. The number of anilines is 1. The normalized spacial score (nSPS) is 17.3. The van der Waals surface area contributed by atoms with Crippen molar-refractivity contribution in [3.8, 4) is 0 Å². The molecule has 3 heterocycles.